The lowest BCUT2D eigenvalue weighted by atomic mass is 9.82. The second-order valence-electron chi connectivity index (χ2n) is 11.9. The zero-order valence-electron chi connectivity index (χ0n) is 28.1. The third-order valence-corrected chi connectivity index (χ3v) is 14.9. The van der Waals surface area contributed by atoms with Crippen LogP contribution in [0.15, 0.2) is 168 Å². The molecule has 7 aromatic carbocycles. The molecule has 0 aliphatic heterocycles. The van der Waals surface area contributed by atoms with Gasteiger partial charge in [-0.15, -0.1) is 0 Å². The highest BCUT2D eigenvalue weighted by atomic mass is 127. The van der Waals surface area contributed by atoms with Crippen LogP contribution in [0, 0.1) is 17.9 Å². The molecule has 53 heavy (non-hydrogen) atoms. The van der Waals surface area contributed by atoms with Crippen molar-refractivity contribution in [3.8, 4) is 11.1 Å². The molecule has 0 heterocycles. The van der Waals surface area contributed by atoms with Gasteiger partial charge >= 0.3 is 0 Å². The quantitative estimate of drug-likeness (QED) is 0.133. The molecule has 0 aromatic heterocycles. The molecule has 0 saturated heterocycles. The monoisotopic (exact) mass is 1580 g/mol. The van der Waals surface area contributed by atoms with E-state index in [9.17, 15) is 0 Å². The fourth-order valence-corrected chi connectivity index (χ4v) is 9.61. The average molecular weight is 1580 g/mol. The van der Waals surface area contributed by atoms with E-state index in [1.165, 1.54) is 55.3 Å². The van der Waals surface area contributed by atoms with Crippen LogP contribution in [0.3, 0.4) is 0 Å². The summed E-state index contributed by atoms with van der Waals surface area (Å²) < 4.78 is 12.1. The predicted octanol–water partition coefficient (Wildman–Crippen LogP) is 18.7. The van der Waals surface area contributed by atoms with Crippen LogP contribution in [0.25, 0.3) is 21.9 Å². The minimum absolute atomic E-state index is 0.107. The topological polar surface area (TPSA) is 0 Å². The lowest BCUT2D eigenvalue weighted by Gasteiger charge is -2.21. The molecule has 0 fully saturated rings. The van der Waals surface area contributed by atoms with Crippen LogP contribution >= 0.6 is 193 Å². The third-order valence-electron chi connectivity index (χ3n) is 7.78. The third kappa shape index (κ3) is 14.9. The molecule has 0 atom stereocenters. The van der Waals surface area contributed by atoms with Gasteiger partial charge in [0, 0.05) is 45.6 Å². The van der Waals surface area contributed by atoms with E-state index in [0.717, 1.165) is 17.9 Å². The zero-order chi connectivity index (χ0) is 38.7. The largest absolute Gasteiger partial charge is 0.0611 e. The summed E-state index contributed by atoms with van der Waals surface area (Å²) in [6.45, 7) is 4.61. The Morgan fingerprint density at radius 1 is 0.377 bits per heavy atom. The van der Waals surface area contributed by atoms with Crippen LogP contribution in [0.1, 0.15) is 25.0 Å². The van der Waals surface area contributed by atoms with Crippen LogP contribution < -0.4 is 0 Å². The fourth-order valence-electron chi connectivity index (χ4n) is 5.20. The first-order valence-corrected chi connectivity index (χ1v) is 25.2. The number of rotatable bonds is 0. The highest BCUT2D eigenvalue weighted by Crippen LogP contribution is 2.49. The van der Waals surface area contributed by atoms with Crippen molar-refractivity contribution >= 4 is 203 Å². The Labute approximate surface area is 423 Å². The predicted molar refractivity (Wildman–Crippen MR) is 289 cm³/mol. The second kappa shape index (κ2) is 22.9. The lowest BCUT2D eigenvalue weighted by molar-refractivity contribution is 0.659. The van der Waals surface area contributed by atoms with E-state index < -0.39 is 0 Å². The number of fused-ring (bicyclic) bond motifs is 4. The summed E-state index contributed by atoms with van der Waals surface area (Å²) in [4.78, 5) is 0. The molecular formula is C43H30Br5I5. The van der Waals surface area contributed by atoms with Crippen molar-refractivity contribution in [3.63, 3.8) is 0 Å². The first-order chi connectivity index (χ1) is 25.1. The Morgan fingerprint density at radius 3 is 1.43 bits per heavy atom. The zero-order valence-corrected chi connectivity index (χ0v) is 46.9. The first-order valence-electron chi connectivity index (χ1n) is 15.8. The van der Waals surface area contributed by atoms with E-state index in [4.69, 9.17) is 0 Å². The van der Waals surface area contributed by atoms with Gasteiger partial charge in [-0.2, -0.15) is 0 Å². The first kappa shape index (κ1) is 46.5. The maximum Gasteiger partial charge on any atom is 0.0308 e. The standard InChI is InChI=1S/C15H12BrI.C10H6BrI.3C6H4BrI/c1-15(2)13-7-9(16)3-5-11(13)12-6-4-10(17)8-14(12)15;11-9-3-1-8-6-10(12)4-2-7(8)5-9;7-5-1-3-6(8)4-2-5;7-5-2-1-3-6(8)4-5;7-5-3-1-2-4-6(5)8/h3-8H,1-2H3;1-6H;3*1-4H. The molecular weight excluding hydrogens is 1550 g/mol. The Balaban J connectivity index is 0.000000154. The molecule has 0 bridgehead atoms. The van der Waals surface area contributed by atoms with Crippen LogP contribution in [0.2, 0.25) is 0 Å². The molecule has 0 nitrogen and oxygen atoms in total. The molecule has 10 heteroatoms. The van der Waals surface area contributed by atoms with Gasteiger partial charge in [0.2, 0.25) is 0 Å². The van der Waals surface area contributed by atoms with Gasteiger partial charge in [-0.05, 0) is 265 Å². The number of hydrogen-bond donors (Lipinski definition) is 0. The van der Waals surface area contributed by atoms with Gasteiger partial charge in [0.1, 0.15) is 0 Å². The molecule has 0 unspecified atom stereocenters. The van der Waals surface area contributed by atoms with Crippen LogP contribution in [0.4, 0.5) is 0 Å². The van der Waals surface area contributed by atoms with Crippen LogP contribution in [-0.4, -0.2) is 0 Å². The van der Waals surface area contributed by atoms with E-state index in [-0.39, 0.29) is 5.41 Å². The van der Waals surface area contributed by atoms with Crippen LogP contribution in [-0.2, 0) is 5.41 Å². The van der Waals surface area contributed by atoms with Crippen LogP contribution in [0.5, 0.6) is 0 Å². The smallest absolute Gasteiger partial charge is 0.0308 e. The summed E-state index contributed by atoms with van der Waals surface area (Å²) >= 11 is 28.7. The van der Waals surface area contributed by atoms with E-state index in [2.05, 4.69) is 310 Å². The SMILES string of the molecule is Brc1ccc(I)cc1.Brc1ccc2cc(I)ccc2c1.Brc1cccc(I)c1.Brc1ccccc1I.CC1(C)c2cc(Br)ccc2-c2ccc(I)cc21. The minimum atomic E-state index is 0.107. The molecule has 0 radical (unpaired) electrons. The van der Waals surface area contributed by atoms with E-state index in [0.29, 0.717) is 0 Å². The fraction of sp³-hybridized carbons (Fsp3) is 0.0698. The maximum absolute atomic E-state index is 3.57. The molecule has 8 rings (SSSR count). The van der Waals surface area contributed by atoms with Crippen molar-refractivity contribution in [2.45, 2.75) is 19.3 Å². The van der Waals surface area contributed by atoms with Crippen molar-refractivity contribution in [1.29, 1.82) is 0 Å². The van der Waals surface area contributed by atoms with Gasteiger partial charge in [-0.3, -0.25) is 0 Å². The Kier molecular flexibility index (Phi) is 20.1. The Hall–Kier alpha value is 0.850. The van der Waals surface area contributed by atoms with E-state index >= 15 is 0 Å². The molecule has 0 N–H and O–H groups in total. The Morgan fingerprint density at radius 2 is 0.849 bits per heavy atom. The highest BCUT2D eigenvalue weighted by Gasteiger charge is 2.35. The van der Waals surface area contributed by atoms with Gasteiger partial charge in [0.15, 0.2) is 0 Å². The summed E-state index contributed by atoms with van der Waals surface area (Å²) in [5.41, 5.74) is 5.74. The van der Waals surface area contributed by atoms with Crippen molar-refractivity contribution in [2.75, 3.05) is 0 Å². The maximum atomic E-state index is 3.57. The average Bonchev–Trinajstić information content (AvgIpc) is 3.33. The number of hydrogen-bond acceptors (Lipinski definition) is 0. The van der Waals surface area contributed by atoms with Gasteiger partial charge in [0.05, 0.1) is 0 Å². The van der Waals surface area contributed by atoms with Gasteiger partial charge in [-0.25, -0.2) is 0 Å². The second-order valence-corrected chi connectivity index (χ2v) is 22.6. The highest BCUT2D eigenvalue weighted by molar-refractivity contribution is 14.1. The normalized spacial score (nSPS) is 11.5. The summed E-state index contributed by atoms with van der Waals surface area (Å²) in [6, 6.07) is 50.6. The lowest BCUT2D eigenvalue weighted by Crippen LogP contribution is -2.15. The number of benzene rings is 7. The summed E-state index contributed by atoms with van der Waals surface area (Å²) in [5, 5.41) is 2.58. The summed E-state index contributed by atoms with van der Waals surface area (Å²) in [6.07, 6.45) is 0. The molecule has 1 aliphatic rings. The van der Waals surface area contributed by atoms with Crippen molar-refractivity contribution < 1.29 is 0 Å². The minimum Gasteiger partial charge on any atom is -0.0611 e. The van der Waals surface area contributed by atoms with E-state index in [1.54, 1.807) is 0 Å². The van der Waals surface area contributed by atoms with E-state index in [1.807, 2.05) is 42.5 Å². The molecule has 0 spiro atoms. The molecule has 7 aromatic rings. The molecule has 0 amide bonds. The summed E-state index contributed by atoms with van der Waals surface area (Å²) in [5.74, 6) is 0. The van der Waals surface area contributed by atoms with Crippen molar-refractivity contribution in [1.82, 2.24) is 0 Å². The van der Waals surface area contributed by atoms with Gasteiger partial charge in [-0.1, -0.05) is 120 Å². The molecule has 0 saturated carbocycles. The summed E-state index contributed by atoms with van der Waals surface area (Å²) in [7, 11) is 0. The Bertz CT molecular complexity index is 2140. The van der Waals surface area contributed by atoms with Gasteiger partial charge < -0.3 is 0 Å². The van der Waals surface area contributed by atoms with Gasteiger partial charge in [0.25, 0.3) is 0 Å². The number of halogens is 10. The van der Waals surface area contributed by atoms with Crippen molar-refractivity contribution in [3.05, 3.63) is 197 Å². The van der Waals surface area contributed by atoms with Crippen molar-refractivity contribution in [2.24, 2.45) is 0 Å². The molecule has 272 valence electrons. The molecule has 1 aliphatic carbocycles.